The Labute approximate surface area is 141 Å². The lowest BCUT2D eigenvalue weighted by atomic mass is 9.94. The molecular formula is C18H22N4O2. The highest BCUT2D eigenvalue weighted by Crippen LogP contribution is 2.27. The van der Waals surface area contributed by atoms with Gasteiger partial charge in [0.15, 0.2) is 0 Å². The Morgan fingerprint density at radius 2 is 2.00 bits per heavy atom. The van der Waals surface area contributed by atoms with E-state index in [1.807, 2.05) is 43.3 Å². The Morgan fingerprint density at radius 3 is 2.75 bits per heavy atom. The van der Waals surface area contributed by atoms with Gasteiger partial charge in [0, 0.05) is 30.4 Å². The number of piperidine rings is 1. The van der Waals surface area contributed by atoms with Crippen molar-refractivity contribution < 1.29 is 9.90 Å². The average Bonchev–Trinajstić information content (AvgIpc) is 2.61. The van der Waals surface area contributed by atoms with E-state index in [1.54, 1.807) is 4.90 Å². The number of likely N-dealkylation sites (tertiary alicyclic amines) is 1. The lowest BCUT2D eigenvalue weighted by Gasteiger charge is -2.32. The number of aromatic nitrogens is 2. The number of hydrogen-bond donors (Lipinski definition) is 2. The van der Waals surface area contributed by atoms with Gasteiger partial charge < -0.3 is 15.3 Å². The van der Waals surface area contributed by atoms with E-state index in [0.717, 1.165) is 35.9 Å². The summed E-state index contributed by atoms with van der Waals surface area (Å²) >= 11 is 0. The zero-order chi connectivity index (χ0) is 16.9. The Hall–Kier alpha value is -2.47. The fraction of sp³-hybridized carbons (Fsp3) is 0.389. The predicted molar refractivity (Wildman–Crippen MR) is 92.1 cm³/mol. The lowest BCUT2D eigenvalue weighted by Crippen LogP contribution is -2.40. The third-order valence-corrected chi connectivity index (χ3v) is 4.24. The largest absolute Gasteiger partial charge is 0.387 e. The number of rotatable bonds is 4. The molecule has 0 bridgehead atoms. The van der Waals surface area contributed by atoms with Gasteiger partial charge in [-0.2, -0.15) is 0 Å². The van der Waals surface area contributed by atoms with Crippen LogP contribution >= 0.6 is 0 Å². The van der Waals surface area contributed by atoms with Crippen molar-refractivity contribution in [1.82, 2.24) is 14.9 Å². The summed E-state index contributed by atoms with van der Waals surface area (Å²) < 4.78 is 0. The molecule has 24 heavy (non-hydrogen) atoms. The van der Waals surface area contributed by atoms with Crippen LogP contribution in [0.1, 0.15) is 30.1 Å². The van der Waals surface area contributed by atoms with Gasteiger partial charge in [-0.05, 0) is 44.0 Å². The molecule has 1 aliphatic heterocycles. The number of amides is 1. The normalized spacial score (nSPS) is 17.6. The Balaban J connectivity index is 1.74. The molecule has 0 aliphatic carbocycles. The standard InChI is InChI=1S/C18H22N4O2/c1-13-5-2-8-16(19-13)21-17-9-3-7-15(20-17)14-6-4-10-22(11-14)18(24)12-23/h2-3,5,7-9,14,23H,4,6,10-12H2,1H3,(H,19,20,21)/t14-/m1/s1. The molecule has 0 saturated carbocycles. The van der Waals surface area contributed by atoms with Gasteiger partial charge >= 0.3 is 0 Å². The molecule has 0 spiro atoms. The first kappa shape index (κ1) is 16.4. The van der Waals surface area contributed by atoms with Crippen molar-refractivity contribution in [3.63, 3.8) is 0 Å². The zero-order valence-corrected chi connectivity index (χ0v) is 13.8. The van der Waals surface area contributed by atoms with Crippen LogP contribution in [0.3, 0.4) is 0 Å². The number of hydrogen-bond acceptors (Lipinski definition) is 5. The van der Waals surface area contributed by atoms with Crippen LogP contribution in [0.15, 0.2) is 36.4 Å². The molecule has 0 aromatic carbocycles. The zero-order valence-electron chi connectivity index (χ0n) is 13.8. The molecule has 2 aromatic rings. The Bertz CT molecular complexity index is 720. The summed E-state index contributed by atoms with van der Waals surface area (Å²) in [5.74, 6) is 1.50. The van der Waals surface area contributed by atoms with Crippen LogP contribution < -0.4 is 5.32 Å². The van der Waals surface area contributed by atoms with Gasteiger partial charge in [-0.25, -0.2) is 9.97 Å². The highest BCUT2D eigenvalue weighted by Gasteiger charge is 2.25. The van der Waals surface area contributed by atoms with E-state index in [1.165, 1.54) is 0 Å². The van der Waals surface area contributed by atoms with Crippen LogP contribution in [0.2, 0.25) is 0 Å². The molecule has 1 aliphatic rings. The van der Waals surface area contributed by atoms with Crippen LogP contribution in [-0.2, 0) is 4.79 Å². The molecule has 1 atom stereocenters. The fourth-order valence-corrected chi connectivity index (χ4v) is 3.04. The first-order valence-electron chi connectivity index (χ1n) is 8.22. The third-order valence-electron chi connectivity index (χ3n) is 4.24. The maximum absolute atomic E-state index is 11.7. The quantitative estimate of drug-likeness (QED) is 0.901. The maximum atomic E-state index is 11.7. The molecular weight excluding hydrogens is 304 g/mol. The van der Waals surface area contributed by atoms with Crippen LogP contribution in [0.5, 0.6) is 0 Å². The molecule has 1 fully saturated rings. The molecule has 1 saturated heterocycles. The smallest absolute Gasteiger partial charge is 0.248 e. The van der Waals surface area contributed by atoms with Crippen LogP contribution in [0.4, 0.5) is 11.6 Å². The molecule has 3 heterocycles. The van der Waals surface area contributed by atoms with Crippen LogP contribution in [0, 0.1) is 6.92 Å². The van der Waals surface area contributed by atoms with Crippen LogP contribution in [-0.4, -0.2) is 45.6 Å². The van der Waals surface area contributed by atoms with E-state index in [0.29, 0.717) is 13.1 Å². The number of nitrogens with one attached hydrogen (secondary N) is 1. The summed E-state index contributed by atoms with van der Waals surface area (Å²) in [6.07, 6.45) is 1.92. The molecule has 0 unspecified atom stereocenters. The maximum Gasteiger partial charge on any atom is 0.248 e. The first-order chi connectivity index (χ1) is 11.7. The molecule has 126 valence electrons. The molecule has 6 heteroatoms. The van der Waals surface area contributed by atoms with Crippen molar-refractivity contribution in [2.75, 3.05) is 25.0 Å². The van der Waals surface area contributed by atoms with Crippen molar-refractivity contribution in [2.45, 2.75) is 25.7 Å². The van der Waals surface area contributed by atoms with E-state index >= 15 is 0 Å². The number of aliphatic hydroxyl groups is 1. The monoisotopic (exact) mass is 326 g/mol. The van der Waals surface area contributed by atoms with Crippen molar-refractivity contribution in [2.24, 2.45) is 0 Å². The summed E-state index contributed by atoms with van der Waals surface area (Å²) in [5.41, 5.74) is 1.91. The van der Waals surface area contributed by atoms with Gasteiger partial charge in [0.25, 0.3) is 0 Å². The Morgan fingerprint density at radius 1 is 1.25 bits per heavy atom. The summed E-state index contributed by atoms with van der Waals surface area (Å²) in [5, 5.41) is 12.3. The van der Waals surface area contributed by atoms with Gasteiger partial charge in [-0.1, -0.05) is 12.1 Å². The van der Waals surface area contributed by atoms with E-state index in [-0.39, 0.29) is 11.8 Å². The first-order valence-corrected chi connectivity index (χ1v) is 8.22. The van der Waals surface area contributed by atoms with Gasteiger partial charge in [0.05, 0.1) is 0 Å². The number of nitrogens with zero attached hydrogens (tertiary/aromatic N) is 3. The topological polar surface area (TPSA) is 78.4 Å². The summed E-state index contributed by atoms with van der Waals surface area (Å²) in [7, 11) is 0. The second kappa shape index (κ2) is 7.40. The second-order valence-electron chi connectivity index (χ2n) is 6.07. The summed E-state index contributed by atoms with van der Waals surface area (Å²) in [6.45, 7) is 2.84. The summed E-state index contributed by atoms with van der Waals surface area (Å²) in [6, 6.07) is 11.7. The number of carbonyl (C=O) groups is 1. The van der Waals surface area contributed by atoms with Crippen molar-refractivity contribution in [3.8, 4) is 0 Å². The SMILES string of the molecule is Cc1cccc(Nc2cccc([C@@H]3CCCN(C(=O)CO)C3)n2)n1. The molecule has 1 amide bonds. The minimum atomic E-state index is -0.430. The number of aliphatic hydroxyl groups excluding tert-OH is 1. The number of carbonyl (C=O) groups excluding carboxylic acids is 1. The average molecular weight is 326 g/mol. The molecule has 3 rings (SSSR count). The number of pyridine rings is 2. The van der Waals surface area contributed by atoms with Crippen molar-refractivity contribution in [3.05, 3.63) is 47.8 Å². The highest BCUT2D eigenvalue weighted by atomic mass is 16.3. The highest BCUT2D eigenvalue weighted by molar-refractivity contribution is 5.77. The van der Waals surface area contributed by atoms with E-state index in [4.69, 9.17) is 5.11 Å². The fourth-order valence-electron chi connectivity index (χ4n) is 3.04. The number of anilines is 2. The third kappa shape index (κ3) is 3.89. The van der Waals surface area contributed by atoms with E-state index in [2.05, 4.69) is 15.3 Å². The minimum absolute atomic E-state index is 0.196. The number of aryl methyl sites for hydroxylation is 1. The predicted octanol–water partition coefficient (Wildman–Crippen LogP) is 2.23. The van der Waals surface area contributed by atoms with Crippen molar-refractivity contribution >= 4 is 17.5 Å². The van der Waals surface area contributed by atoms with Crippen molar-refractivity contribution in [1.29, 1.82) is 0 Å². The van der Waals surface area contributed by atoms with E-state index in [9.17, 15) is 4.79 Å². The molecule has 6 nitrogen and oxygen atoms in total. The molecule has 2 aromatic heterocycles. The Kier molecular flexibility index (Phi) is 5.05. The van der Waals surface area contributed by atoms with Gasteiger partial charge in [0.1, 0.15) is 18.2 Å². The lowest BCUT2D eigenvalue weighted by molar-refractivity contribution is -0.135. The summed E-state index contributed by atoms with van der Waals surface area (Å²) in [4.78, 5) is 22.6. The van der Waals surface area contributed by atoms with Crippen LogP contribution in [0.25, 0.3) is 0 Å². The second-order valence-corrected chi connectivity index (χ2v) is 6.07. The molecule has 0 radical (unpaired) electrons. The van der Waals surface area contributed by atoms with Gasteiger partial charge in [0.2, 0.25) is 5.91 Å². The molecule has 2 N–H and O–H groups in total. The van der Waals surface area contributed by atoms with Gasteiger partial charge in [-0.15, -0.1) is 0 Å². The van der Waals surface area contributed by atoms with Gasteiger partial charge in [-0.3, -0.25) is 4.79 Å². The minimum Gasteiger partial charge on any atom is -0.387 e. The van der Waals surface area contributed by atoms with E-state index < -0.39 is 6.61 Å².